The average molecular weight is 347 g/mol. The number of aliphatic hydroxyl groups excluding tert-OH is 1. The van der Waals surface area contributed by atoms with Crippen molar-refractivity contribution in [1.29, 1.82) is 5.26 Å². The van der Waals surface area contributed by atoms with E-state index in [0.717, 1.165) is 51.6 Å². The molecule has 7 atom stereocenters. The maximum Gasteiger partial charge on any atom is 0.163 e. The lowest BCUT2D eigenvalue weighted by atomic mass is 9.40. The first kappa shape index (κ1) is 17.8. The van der Waals surface area contributed by atoms with Crippen LogP contribution < -0.4 is 0 Å². The van der Waals surface area contributed by atoms with Crippen LogP contribution in [0.25, 0.3) is 0 Å². The van der Waals surface area contributed by atoms with Gasteiger partial charge in [0.15, 0.2) is 5.79 Å². The minimum atomic E-state index is -0.524. The molecular weight excluding hydrogens is 314 g/mol. The Labute approximate surface area is 151 Å². The Kier molecular flexibility index (Phi) is 3.87. The number of ether oxygens (including phenoxy) is 2. The van der Waals surface area contributed by atoms with Crippen molar-refractivity contribution in [3.05, 3.63) is 0 Å². The van der Waals surface area contributed by atoms with Crippen molar-refractivity contribution in [2.24, 2.45) is 28.1 Å². The molecule has 1 saturated heterocycles. The van der Waals surface area contributed by atoms with Crippen LogP contribution >= 0.6 is 0 Å². The van der Waals surface area contributed by atoms with E-state index in [1.807, 2.05) is 13.8 Å². The topological polar surface area (TPSA) is 62.5 Å². The fourth-order valence-corrected chi connectivity index (χ4v) is 7.34. The molecule has 1 aliphatic heterocycles. The maximum absolute atomic E-state index is 10.5. The Hall–Kier alpha value is -0.630. The Morgan fingerprint density at radius 2 is 1.76 bits per heavy atom. The summed E-state index contributed by atoms with van der Waals surface area (Å²) in [5, 5.41) is 20.8. The van der Waals surface area contributed by atoms with Gasteiger partial charge in [-0.05, 0) is 75.5 Å². The van der Waals surface area contributed by atoms with E-state index in [2.05, 4.69) is 19.9 Å². The van der Waals surface area contributed by atoms with Crippen LogP contribution in [0.3, 0.4) is 0 Å². The van der Waals surface area contributed by atoms with E-state index in [1.165, 1.54) is 0 Å². The van der Waals surface area contributed by atoms with E-state index in [0.29, 0.717) is 5.92 Å². The minimum absolute atomic E-state index is 0.0365. The molecule has 4 aliphatic rings. The van der Waals surface area contributed by atoms with Gasteiger partial charge in [0.25, 0.3) is 0 Å². The Morgan fingerprint density at radius 1 is 1.00 bits per heavy atom. The molecule has 0 aromatic carbocycles. The molecule has 3 saturated carbocycles. The standard InChI is InChI=1S/C21H33NO3/c1-18(2)24-12-11-19(3)16-6-5-14-15(23)7-10-21(14,13-22)20(16,4)9-8-17(19)25-18/h14-17,23H,5-12H2,1-4H3/t14-,15?,16-,17-,19-,20-,21+/m1/s1. The molecule has 140 valence electrons. The van der Waals surface area contributed by atoms with Gasteiger partial charge in [-0.1, -0.05) is 13.8 Å². The lowest BCUT2D eigenvalue weighted by Crippen LogP contribution is -2.62. The molecule has 0 aromatic rings. The van der Waals surface area contributed by atoms with Crippen molar-refractivity contribution in [2.45, 2.75) is 90.6 Å². The van der Waals surface area contributed by atoms with E-state index < -0.39 is 5.79 Å². The fraction of sp³-hybridized carbons (Fsp3) is 0.952. The third-order valence-electron chi connectivity index (χ3n) is 8.66. The van der Waals surface area contributed by atoms with Gasteiger partial charge in [-0.15, -0.1) is 0 Å². The van der Waals surface area contributed by atoms with Crippen LogP contribution in [0, 0.1) is 39.4 Å². The van der Waals surface area contributed by atoms with Gasteiger partial charge in [0.2, 0.25) is 0 Å². The third-order valence-corrected chi connectivity index (χ3v) is 8.66. The summed E-state index contributed by atoms with van der Waals surface area (Å²) >= 11 is 0. The molecular formula is C21H33NO3. The molecule has 0 radical (unpaired) electrons. The summed E-state index contributed by atoms with van der Waals surface area (Å²) in [5.41, 5.74) is -0.361. The molecule has 25 heavy (non-hydrogen) atoms. The van der Waals surface area contributed by atoms with Gasteiger partial charge < -0.3 is 14.6 Å². The highest BCUT2D eigenvalue weighted by Crippen LogP contribution is 2.71. The summed E-state index contributed by atoms with van der Waals surface area (Å²) < 4.78 is 12.4. The molecule has 0 aromatic heterocycles. The zero-order valence-corrected chi connectivity index (χ0v) is 16.2. The van der Waals surface area contributed by atoms with Gasteiger partial charge in [0.1, 0.15) is 0 Å². The van der Waals surface area contributed by atoms with Gasteiger partial charge in [-0.2, -0.15) is 5.26 Å². The number of rotatable bonds is 0. The molecule has 4 rings (SSSR count). The summed E-state index contributed by atoms with van der Waals surface area (Å²) in [6.45, 7) is 9.49. The Morgan fingerprint density at radius 3 is 2.48 bits per heavy atom. The first-order chi connectivity index (χ1) is 11.7. The number of hydrogen-bond acceptors (Lipinski definition) is 4. The van der Waals surface area contributed by atoms with E-state index >= 15 is 0 Å². The van der Waals surface area contributed by atoms with Crippen LogP contribution in [0.2, 0.25) is 0 Å². The monoisotopic (exact) mass is 347 g/mol. The second kappa shape index (κ2) is 5.44. The second-order valence-electron chi connectivity index (χ2n) is 9.99. The summed E-state index contributed by atoms with van der Waals surface area (Å²) in [4.78, 5) is 0. The molecule has 1 N–H and O–H groups in total. The van der Waals surface area contributed by atoms with Crippen LogP contribution in [0.4, 0.5) is 0 Å². The molecule has 0 spiro atoms. The van der Waals surface area contributed by atoms with Crippen LogP contribution in [0.15, 0.2) is 0 Å². The zero-order chi connectivity index (χ0) is 18.1. The van der Waals surface area contributed by atoms with E-state index in [-0.39, 0.29) is 34.4 Å². The van der Waals surface area contributed by atoms with Crippen molar-refractivity contribution in [3.8, 4) is 6.07 Å². The fourth-order valence-electron chi connectivity index (χ4n) is 7.34. The SMILES string of the molecule is CC1(C)OCC[C@]2(C)[C@H]3CC[C@@H]4C(O)CC[C@@]4(C#N)[C@]3(C)CC[C@H]2O1. The summed E-state index contributed by atoms with van der Waals surface area (Å²) in [6, 6.07) is 2.76. The third kappa shape index (κ3) is 2.22. The first-order valence-electron chi connectivity index (χ1n) is 10.1. The Bertz CT molecular complexity index is 598. The number of fused-ring (bicyclic) bond motifs is 5. The summed E-state index contributed by atoms with van der Waals surface area (Å²) in [5.74, 6) is 0.0832. The van der Waals surface area contributed by atoms with E-state index in [4.69, 9.17) is 9.47 Å². The lowest BCUT2D eigenvalue weighted by molar-refractivity contribution is -0.259. The van der Waals surface area contributed by atoms with Gasteiger partial charge in [0.05, 0.1) is 30.3 Å². The normalized spacial score (nSPS) is 54.6. The van der Waals surface area contributed by atoms with Crippen LogP contribution in [-0.4, -0.2) is 29.7 Å². The zero-order valence-electron chi connectivity index (χ0n) is 16.2. The highest BCUT2D eigenvalue weighted by atomic mass is 16.7. The van der Waals surface area contributed by atoms with Crippen molar-refractivity contribution in [1.82, 2.24) is 0 Å². The van der Waals surface area contributed by atoms with Gasteiger partial charge in [-0.25, -0.2) is 0 Å². The lowest BCUT2D eigenvalue weighted by Gasteiger charge is -2.64. The molecule has 1 heterocycles. The molecule has 3 aliphatic carbocycles. The number of aliphatic hydroxyl groups is 1. The Balaban J connectivity index is 1.75. The summed E-state index contributed by atoms with van der Waals surface area (Å²) in [6.07, 6.45) is 6.61. The molecule has 0 amide bonds. The minimum Gasteiger partial charge on any atom is -0.393 e. The number of nitriles is 1. The highest BCUT2D eigenvalue weighted by Gasteiger charge is 2.69. The van der Waals surface area contributed by atoms with E-state index in [9.17, 15) is 10.4 Å². The predicted octanol–water partition coefficient (Wildman–Crippen LogP) is 4.03. The van der Waals surface area contributed by atoms with Gasteiger partial charge in [0, 0.05) is 5.92 Å². The smallest absolute Gasteiger partial charge is 0.163 e. The highest BCUT2D eigenvalue weighted by molar-refractivity contribution is 5.23. The van der Waals surface area contributed by atoms with Gasteiger partial charge >= 0.3 is 0 Å². The second-order valence-corrected chi connectivity index (χ2v) is 9.99. The molecule has 4 fully saturated rings. The molecule has 1 unspecified atom stereocenters. The van der Waals surface area contributed by atoms with Crippen molar-refractivity contribution in [2.75, 3.05) is 6.61 Å². The van der Waals surface area contributed by atoms with Crippen molar-refractivity contribution < 1.29 is 14.6 Å². The van der Waals surface area contributed by atoms with Crippen LogP contribution in [-0.2, 0) is 9.47 Å². The van der Waals surface area contributed by atoms with E-state index in [1.54, 1.807) is 0 Å². The quantitative estimate of drug-likeness (QED) is 0.719. The predicted molar refractivity (Wildman–Crippen MR) is 94.5 cm³/mol. The van der Waals surface area contributed by atoms with Crippen molar-refractivity contribution in [3.63, 3.8) is 0 Å². The molecule has 4 nitrogen and oxygen atoms in total. The first-order valence-corrected chi connectivity index (χ1v) is 10.1. The maximum atomic E-state index is 10.5. The molecule has 0 bridgehead atoms. The average Bonchev–Trinajstić information content (AvgIpc) is 2.82. The largest absolute Gasteiger partial charge is 0.393 e. The summed E-state index contributed by atoms with van der Waals surface area (Å²) in [7, 11) is 0. The van der Waals surface area contributed by atoms with Crippen molar-refractivity contribution >= 4 is 0 Å². The number of hydrogen-bond donors (Lipinski definition) is 1. The number of nitrogens with zero attached hydrogens (tertiary/aromatic N) is 1. The van der Waals surface area contributed by atoms with Gasteiger partial charge in [-0.3, -0.25) is 0 Å². The van der Waals surface area contributed by atoms with Crippen LogP contribution in [0.5, 0.6) is 0 Å². The van der Waals surface area contributed by atoms with Crippen LogP contribution in [0.1, 0.15) is 72.6 Å². The molecule has 4 heteroatoms.